The van der Waals surface area contributed by atoms with Gasteiger partial charge in [0, 0.05) is 7.05 Å². The van der Waals surface area contributed by atoms with Crippen LogP contribution in [-0.4, -0.2) is 43.1 Å². The molecule has 0 radical (unpaired) electrons. The van der Waals surface area contributed by atoms with Crippen LogP contribution >= 0.6 is 0 Å². The minimum Gasteiger partial charge on any atom is -0.480 e. The Morgan fingerprint density at radius 3 is 2.50 bits per heavy atom. The Hall–Kier alpha value is -0.880. The van der Waals surface area contributed by atoms with Gasteiger partial charge in [0.2, 0.25) is 10.0 Å². The van der Waals surface area contributed by atoms with Crippen molar-refractivity contribution in [1.29, 1.82) is 0 Å². The molecule has 0 heterocycles. The fourth-order valence-corrected chi connectivity index (χ4v) is 1.42. The molecule has 0 aromatic carbocycles. The zero-order valence-corrected chi connectivity index (χ0v) is 7.54. The average molecular weight is 193 g/mol. The van der Waals surface area contributed by atoms with Gasteiger partial charge in [-0.2, -0.15) is 4.31 Å². The number of hydrogen-bond acceptors (Lipinski definition) is 3. The Bertz CT molecular complexity index is 269. The van der Waals surface area contributed by atoms with Crippen LogP contribution in [0.5, 0.6) is 0 Å². The Morgan fingerprint density at radius 1 is 1.67 bits per heavy atom. The highest BCUT2D eigenvalue weighted by atomic mass is 32.2. The van der Waals surface area contributed by atoms with Crippen molar-refractivity contribution in [2.24, 2.45) is 0 Å². The third-order valence-corrected chi connectivity index (χ3v) is 2.90. The number of rotatable bonds is 5. The maximum Gasteiger partial charge on any atom is 0.318 e. The van der Waals surface area contributed by atoms with E-state index >= 15 is 0 Å². The molecule has 0 spiro atoms. The SMILES string of the molecule is C=CCS(=O)(=O)N(C)CC(=O)O. The van der Waals surface area contributed by atoms with Crippen LogP contribution in [0.25, 0.3) is 0 Å². The van der Waals surface area contributed by atoms with Crippen LogP contribution in [-0.2, 0) is 14.8 Å². The van der Waals surface area contributed by atoms with Crippen LogP contribution in [0, 0.1) is 0 Å². The average Bonchev–Trinajstić information content (AvgIpc) is 1.85. The smallest absolute Gasteiger partial charge is 0.318 e. The predicted molar refractivity (Wildman–Crippen MR) is 44.2 cm³/mol. The molecule has 70 valence electrons. The van der Waals surface area contributed by atoms with Gasteiger partial charge in [0.1, 0.15) is 6.54 Å². The number of carbonyl (C=O) groups is 1. The lowest BCUT2D eigenvalue weighted by atomic mass is 10.7. The Balaban J connectivity index is 4.35. The van der Waals surface area contributed by atoms with E-state index in [2.05, 4.69) is 6.58 Å². The van der Waals surface area contributed by atoms with Gasteiger partial charge in [0.25, 0.3) is 0 Å². The van der Waals surface area contributed by atoms with Gasteiger partial charge in [0.15, 0.2) is 0 Å². The maximum atomic E-state index is 11.1. The Morgan fingerprint density at radius 2 is 2.17 bits per heavy atom. The molecule has 0 saturated carbocycles. The van der Waals surface area contributed by atoms with Crippen molar-refractivity contribution in [1.82, 2.24) is 4.31 Å². The molecule has 0 bridgehead atoms. The van der Waals surface area contributed by atoms with E-state index in [9.17, 15) is 13.2 Å². The van der Waals surface area contributed by atoms with E-state index < -0.39 is 22.5 Å². The predicted octanol–water partition coefficient (Wildman–Crippen LogP) is -0.481. The van der Waals surface area contributed by atoms with E-state index in [0.29, 0.717) is 0 Å². The first kappa shape index (κ1) is 11.1. The molecule has 0 amide bonds. The lowest BCUT2D eigenvalue weighted by Gasteiger charge is -2.12. The second-order valence-corrected chi connectivity index (χ2v) is 4.34. The number of sulfonamides is 1. The van der Waals surface area contributed by atoms with Crippen molar-refractivity contribution < 1.29 is 18.3 Å². The standard InChI is InChI=1S/C6H11NO4S/c1-3-4-12(10,11)7(2)5-6(8)9/h3H,1,4-5H2,2H3,(H,8,9). The summed E-state index contributed by atoms with van der Waals surface area (Å²) in [5, 5.41) is 8.28. The number of hydrogen-bond donors (Lipinski definition) is 1. The third kappa shape index (κ3) is 3.49. The summed E-state index contributed by atoms with van der Waals surface area (Å²) in [6.45, 7) is 2.74. The highest BCUT2D eigenvalue weighted by Crippen LogP contribution is 1.97. The van der Waals surface area contributed by atoms with Gasteiger partial charge >= 0.3 is 5.97 Å². The molecule has 0 aliphatic rings. The van der Waals surface area contributed by atoms with E-state index in [0.717, 1.165) is 4.31 Å². The van der Waals surface area contributed by atoms with Crippen molar-refractivity contribution >= 4 is 16.0 Å². The van der Waals surface area contributed by atoms with Crippen LogP contribution in [0.15, 0.2) is 12.7 Å². The lowest BCUT2D eigenvalue weighted by Crippen LogP contribution is -2.33. The first-order valence-corrected chi connectivity index (χ1v) is 4.77. The van der Waals surface area contributed by atoms with Crippen molar-refractivity contribution in [3.05, 3.63) is 12.7 Å². The molecule has 0 rings (SSSR count). The summed E-state index contributed by atoms with van der Waals surface area (Å²) < 4.78 is 22.9. The van der Waals surface area contributed by atoms with Gasteiger partial charge in [-0.05, 0) is 0 Å². The molecule has 12 heavy (non-hydrogen) atoms. The fraction of sp³-hybridized carbons (Fsp3) is 0.500. The van der Waals surface area contributed by atoms with E-state index in [4.69, 9.17) is 5.11 Å². The minimum atomic E-state index is -3.47. The van der Waals surface area contributed by atoms with Gasteiger partial charge in [-0.15, -0.1) is 6.58 Å². The summed E-state index contributed by atoms with van der Waals surface area (Å²) in [5.74, 6) is -1.42. The highest BCUT2D eigenvalue weighted by Gasteiger charge is 2.17. The van der Waals surface area contributed by atoms with Crippen LogP contribution in [0.2, 0.25) is 0 Å². The summed E-state index contributed by atoms with van der Waals surface area (Å²) in [7, 11) is -2.26. The monoisotopic (exact) mass is 193 g/mol. The van der Waals surface area contributed by atoms with Gasteiger partial charge in [-0.25, -0.2) is 8.42 Å². The quantitative estimate of drug-likeness (QED) is 0.598. The number of likely N-dealkylation sites (N-methyl/N-ethyl adjacent to an activating group) is 1. The summed E-state index contributed by atoms with van der Waals surface area (Å²) >= 11 is 0. The van der Waals surface area contributed by atoms with Crippen LogP contribution in [0.3, 0.4) is 0 Å². The van der Waals surface area contributed by atoms with Crippen molar-refractivity contribution in [2.75, 3.05) is 19.3 Å². The Labute approximate surface area is 71.4 Å². The van der Waals surface area contributed by atoms with E-state index in [1.165, 1.54) is 13.1 Å². The van der Waals surface area contributed by atoms with Crippen molar-refractivity contribution in [2.45, 2.75) is 0 Å². The highest BCUT2D eigenvalue weighted by molar-refractivity contribution is 7.89. The summed E-state index contributed by atoms with van der Waals surface area (Å²) in [6, 6.07) is 0. The molecular weight excluding hydrogens is 182 g/mol. The summed E-state index contributed by atoms with van der Waals surface area (Å²) in [6.07, 6.45) is 1.22. The second-order valence-electron chi connectivity index (χ2n) is 2.22. The van der Waals surface area contributed by atoms with Crippen molar-refractivity contribution in [3.8, 4) is 0 Å². The van der Waals surface area contributed by atoms with Gasteiger partial charge in [0.05, 0.1) is 5.75 Å². The molecule has 0 saturated heterocycles. The summed E-state index contributed by atoms with van der Waals surface area (Å²) in [5.41, 5.74) is 0. The molecule has 1 N–H and O–H groups in total. The molecule has 5 nitrogen and oxygen atoms in total. The summed E-state index contributed by atoms with van der Waals surface area (Å²) in [4.78, 5) is 10.1. The zero-order chi connectivity index (χ0) is 9.78. The van der Waals surface area contributed by atoms with Crippen LogP contribution < -0.4 is 0 Å². The third-order valence-electron chi connectivity index (χ3n) is 1.16. The largest absolute Gasteiger partial charge is 0.480 e. The molecule has 0 aromatic rings. The Kier molecular flexibility index (Phi) is 3.91. The molecule has 6 heteroatoms. The van der Waals surface area contributed by atoms with Crippen LogP contribution in [0.1, 0.15) is 0 Å². The van der Waals surface area contributed by atoms with Crippen molar-refractivity contribution in [3.63, 3.8) is 0 Å². The molecular formula is C6H11NO4S. The molecule has 0 aliphatic carbocycles. The van der Waals surface area contributed by atoms with Gasteiger partial charge in [-0.1, -0.05) is 6.08 Å². The topological polar surface area (TPSA) is 74.7 Å². The number of aliphatic carboxylic acids is 1. The molecule has 0 unspecified atom stereocenters. The maximum absolute atomic E-state index is 11.1. The fourth-order valence-electron chi connectivity index (χ4n) is 0.565. The first-order valence-electron chi connectivity index (χ1n) is 3.17. The lowest BCUT2D eigenvalue weighted by molar-refractivity contribution is -0.137. The number of carboxylic acids is 1. The molecule has 0 aliphatic heterocycles. The number of carboxylic acid groups (broad SMARTS) is 1. The first-order chi connectivity index (χ1) is 5.40. The van der Waals surface area contributed by atoms with Crippen LogP contribution in [0.4, 0.5) is 0 Å². The molecule has 0 aromatic heterocycles. The van der Waals surface area contributed by atoms with Gasteiger partial charge < -0.3 is 5.11 Å². The second kappa shape index (κ2) is 4.22. The van der Waals surface area contributed by atoms with E-state index in [-0.39, 0.29) is 5.75 Å². The number of nitrogens with zero attached hydrogens (tertiary/aromatic N) is 1. The molecule has 0 atom stereocenters. The van der Waals surface area contributed by atoms with E-state index in [1.54, 1.807) is 0 Å². The zero-order valence-electron chi connectivity index (χ0n) is 6.73. The molecule has 0 fully saturated rings. The minimum absolute atomic E-state index is 0.239. The normalized spacial score (nSPS) is 11.5. The van der Waals surface area contributed by atoms with E-state index in [1.807, 2.05) is 0 Å². The van der Waals surface area contributed by atoms with Gasteiger partial charge in [-0.3, -0.25) is 4.79 Å².